The van der Waals surface area contributed by atoms with E-state index in [-0.39, 0.29) is 24.0 Å². The van der Waals surface area contributed by atoms with Gasteiger partial charge in [-0.2, -0.15) is 4.39 Å². The maximum absolute atomic E-state index is 13.7. The first kappa shape index (κ1) is 15.6. The largest absolute Gasteiger partial charge is 0.461 e. The Bertz CT molecular complexity index is 794. The summed E-state index contributed by atoms with van der Waals surface area (Å²) >= 11 is 0. The fourth-order valence-corrected chi connectivity index (χ4v) is 3.97. The van der Waals surface area contributed by atoms with E-state index in [1.54, 1.807) is 0 Å². The van der Waals surface area contributed by atoms with E-state index in [0.717, 1.165) is 38.2 Å². The van der Waals surface area contributed by atoms with Crippen LogP contribution in [0.5, 0.6) is 0 Å². The predicted octanol–water partition coefficient (Wildman–Crippen LogP) is 3.03. The first-order chi connectivity index (χ1) is 11.5. The second-order valence-corrected chi connectivity index (χ2v) is 7.19. The number of hydrogen-bond acceptors (Lipinski definition) is 3. The quantitative estimate of drug-likeness (QED) is 0.906. The van der Waals surface area contributed by atoms with E-state index in [2.05, 4.69) is 5.32 Å². The van der Waals surface area contributed by atoms with Gasteiger partial charge in [0.2, 0.25) is 11.7 Å². The highest BCUT2D eigenvalue weighted by atomic mass is 19.2. The molecule has 0 saturated heterocycles. The van der Waals surface area contributed by atoms with Crippen molar-refractivity contribution in [3.63, 3.8) is 0 Å². The van der Waals surface area contributed by atoms with Gasteiger partial charge in [-0.15, -0.1) is 0 Å². The number of furan rings is 1. The summed E-state index contributed by atoms with van der Waals surface area (Å²) in [5.41, 5.74) is 6.76. The maximum atomic E-state index is 13.7. The normalized spacial score (nSPS) is 29.1. The number of nitrogens with one attached hydrogen (secondary N) is 1. The second kappa shape index (κ2) is 5.55. The molecule has 2 aliphatic carbocycles. The SMILES string of the molecule is N[C@H]1CC12CCC(NC(=O)Cc1coc3c(F)c(F)ccc13)CC2. The van der Waals surface area contributed by atoms with Crippen molar-refractivity contribution in [2.24, 2.45) is 11.1 Å². The zero-order chi connectivity index (χ0) is 16.9. The van der Waals surface area contributed by atoms with Crippen LogP contribution in [-0.2, 0) is 11.2 Å². The van der Waals surface area contributed by atoms with Gasteiger partial charge in [-0.1, -0.05) is 0 Å². The van der Waals surface area contributed by atoms with Crippen LogP contribution in [0.15, 0.2) is 22.8 Å². The molecule has 0 bridgehead atoms. The Balaban J connectivity index is 1.39. The van der Waals surface area contributed by atoms with Gasteiger partial charge in [0, 0.05) is 23.0 Å². The Morgan fingerprint density at radius 2 is 2.04 bits per heavy atom. The van der Waals surface area contributed by atoms with Crippen molar-refractivity contribution in [1.82, 2.24) is 5.32 Å². The van der Waals surface area contributed by atoms with Crippen molar-refractivity contribution >= 4 is 16.9 Å². The first-order valence-electron chi connectivity index (χ1n) is 8.37. The molecule has 6 heteroatoms. The van der Waals surface area contributed by atoms with Gasteiger partial charge >= 0.3 is 0 Å². The van der Waals surface area contributed by atoms with Crippen LogP contribution in [-0.4, -0.2) is 18.0 Å². The Morgan fingerprint density at radius 1 is 1.33 bits per heavy atom. The molecular formula is C18H20F2N2O2. The van der Waals surface area contributed by atoms with Gasteiger partial charge in [0.15, 0.2) is 11.4 Å². The van der Waals surface area contributed by atoms with E-state index in [0.29, 0.717) is 22.4 Å². The van der Waals surface area contributed by atoms with Crippen molar-refractivity contribution < 1.29 is 18.0 Å². The minimum Gasteiger partial charge on any atom is -0.461 e. The maximum Gasteiger partial charge on any atom is 0.224 e. The highest BCUT2D eigenvalue weighted by Gasteiger charge is 2.52. The van der Waals surface area contributed by atoms with Gasteiger partial charge in [-0.25, -0.2) is 4.39 Å². The summed E-state index contributed by atoms with van der Waals surface area (Å²) in [5, 5.41) is 3.48. The smallest absolute Gasteiger partial charge is 0.224 e. The van der Waals surface area contributed by atoms with Crippen LogP contribution < -0.4 is 11.1 Å². The van der Waals surface area contributed by atoms with Gasteiger partial charge in [0.25, 0.3) is 0 Å². The highest BCUT2D eigenvalue weighted by Crippen LogP contribution is 2.54. The summed E-state index contributed by atoms with van der Waals surface area (Å²) in [4.78, 5) is 12.3. The zero-order valence-electron chi connectivity index (χ0n) is 13.3. The first-order valence-corrected chi connectivity index (χ1v) is 8.37. The van der Waals surface area contributed by atoms with Crippen LogP contribution in [0, 0.1) is 17.0 Å². The summed E-state index contributed by atoms with van der Waals surface area (Å²) in [6.45, 7) is 0. The molecule has 3 N–H and O–H groups in total. The number of rotatable bonds is 3. The van der Waals surface area contributed by atoms with E-state index in [1.165, 1.54) is 12.3 Å². The van der Waals surface area contributed by atoms with Crippen molar-refractivity contribution in [3.8, 4) is 0 Å². The van der Waals surface area contributed by atoms with E-state index in [4.69, 9.17) is 10.2 Å². The lowest BCUT2D eigenvalue weighted by atomic mass is 9.83. The molecule has 0 unspecified atom stereocenters. The van der Waals surface area contributed by atoms with Crippen molar-refractivity contribution in [3.05, 3.63) is 35.6 Å². The van der Waals surface area contributed by atoms with E-state index in [9.17, 15) is 13.6 Å². The number of nitrogens with two attached hydrogens (primary N) is 1. The fraction of sp³-hybridized carbons (Fsp3) is 0.500. The molecule has 0 radical (unpaired) electrons. The Kier molecular flexibility index (Phi) is 3.60. The Morgan fingerprint density at radius 3 is 2.71 bits per heavy atom. The van der Waals surface area contributed by atoms with Crippen molar-refractivity contribution in [2.75, 3.05) is 0 Å². The number of hydrogen-bond donors (Lipinski definition) is 2. The third-order valence-electron chi connectivity index (χ3n) is 5.67. The molecule has 2 saturated carbocycles. The van der Waals surface area contributed by atoms with E-state index >= 15 is 0 Å². The molecule has 0 aliphatic heterocycles. The molecule has 1 aromatic heterocycles. The summed E-state index contributed by atoms with van der Waals surface area (Å²) in [6.07, 6.45) is 6.56. The monoisotopic (exact) mass is 334 g/mol. The molecule has 4 nitrogen and oxygen atoms in total. The average molecular weight is 334 g/mol. The summed E-state index contributed by atoms with van der Waals surface area (Å²) in [7, 11) is 0. The molecule has 128 valence electrons. The minimum atomic E-state index is -1.02. The minimum absolute atomic E-state index is 0.0965. The fourth-order valence-electron chi connectivity index (χ4n) is 3.97. The van der Waals surface area contributed by atoms with E-state index < -0.39 is 11.6 Å². The summed E-state index contributed by atoms with van der Waals surface area (Å²) < 4.78 is 31.9. The number of fused-ring (bicyclic) bond motifs is 1. The highest BCUT2D eigenvalue weighted by molar-refractivity contribution is 5.88. The number of halogens is 2. The lowest BCUT2D eigenvalue weighted by Crippen LogP contribution is -2.39. The third-order valence-corrected chi connectivity index (χ3v) is 5.67. The summed E-state index contributed by atoms with van der Waals surface area (Å²) in [5.74, 6) is -2.09. The van der Waals surface area contributed by atoms with E-state index in [1.807, 2.05) is 0 Å². The second-order valence-electron chi connectivity index (χ2n) is 7.19. The van der Waals surface area contributed by atoms with Crippen LogP contribution >= 0.6 is 0 Å². The average Bonchev–Trinajstić information content (AvgIpc) is 2.99. The molecule has 1 amide bonds. The zero-order valence-corrected chi connectivity index (χ0v) is 13.3. The Hall–Kier alpha value is -1.95. The standard InChI is InChI=1S/C18H20F2N2O2/c19-13-2-1-12-10(9-24-17(12)16(13)20)7-15(23)22-11-3-5-18(6-4-11)8-14(18)21/h1-2,9,11,14H,3-8,21H2,(H,22,23)/t11?,14-,18?/m0/s1. The molecule has 1 aromatic carbocycles. The molecule has 1 spiro atoms. The Labute approximate surface area is 138 Å². The van der Waals surface area contributed by atoms with Crippen LogP contribution in [0.3, 0.4) is 0 Å². The van der Waals surface area contributed by atoms with Crippen LogP contribution in [0.25, 0.3) is 11.0 Å². The van der Waals surface area contributed by atoms with Gasteiger partial charge in [-0.05, 0) is 49.7 Å². The molecule has 1 atom stereocenters. The summed E-state index contributed by atoms with van der Waals surface area (Å²) in [6, 6.07) is 3.00. The van der Waals surface area contributed by atoms with Crippen LogP contribution in [0.2, 0.25) is 0 Å². The molecule has 2 aromatic rings. The van der Waals surface area contributed by atoms with Gasteiger partial charge in [0.1, 0.15) is 0 Å². The van der Waals surface area contributed by atoms with Gasteiger partial charge in [0.05, 0.1) is 12.7 Å². The third kappa shape index (κ3) is 2.59. The topological polar surface area (TPSA) is 68.3 Å². The van der Waals surface area contributed by atoms with Crippen LogP contribution in [0.1, 0.15) is 37.7 Å². The lowest BCUT2D eigenvalue weighted by Gasteiger charge is -2.29. The molecule has 24 heavy (non-hydrogen) atoms. The molecular weight excluding hydrogens is 314 g/mol. The molecule has 4 rings (SSSR count). The van der Waals surface area contributed by atoms with Crippen molar-refractivity contribution in [1.29, 1.82) is 0 Å². The number of carbonyl (C=O) groups excluding carboxylic acids is 1. The van der Waals surface area contributed by atoms with Gasteiger partial charge in [-0.3, -0.25) is 4.79 Å². The van der Waals surface area contributed by atoms with Gasteiger partial charge < -0.3 is 15.5 Å². The molecule has 1 heterocycles. The molecule has 2 fully saturated rings. The lowest BCUT2D eigenvalue weighted by molar-refractivity contribution is -0.121. The number of amides is 1. The predicted molar refractivity (Wildman–Crippen MR) is 85.3 cm³/mol. The molecule has 2 aliphatic rings. The number of carbonyl (C=O) groups is 1. The van der Waals surface area contributed by atoms with Crippen molar-refractivity contribution in [2.45, 2.75) is 50.6 Å². The number of benzene rings is 1. The van der Waals surface area contributed by atoms with Crippen LogP contribution in [0.4, 0.5) is 8.78 Å².